The first kappa shape index (κ1) is 19.9. The zero-order valence-corrected chi connectivity index (χ0v) is 17.5. The summed E-state index contributed by atoms with van der Waals surface area (Å²) in [6.45, 7) is 3.43. The highest BCUT2D eigenvalue weighted by atomic mass is 16.5. The zero-order chi connectivity index (χ0) is 20.8. The van der Waals surface area contributed by atoms with Gasteiger partial charge in [-0.1, -0.05) is 36.4 Å². The number of aromatic nitrogens is 3. The largest absolute Gasteiger partial charge is 0.497 e. The minimum atomic E-state index is 0.514. The first-order chi connectivity index (χ1) is 14.7. The summed E-state index contributed by atoms with van der Waals surface area (Å²) in [5.41, 5.74) is 3.78. The van der Waals surface area contributed by atoms with E-state index >= 15 is 0 Å². The SMILES string of the molecule is CN=C(NCc1cccc(Cn2cncn2)c1)N1CCC(c2ccc(OC)cc2)C1. The average Bonchev–Trinajstić information content (AvgIpc) is 3.47. The smallest absolute Gasteiger partial charge is 0.193 e. The van der Waals surface area contributed by atoms with E-state index in [1.54, 1.807) is 19.8 Å². The quantitative estimate of drug-likeness (QED) is 0.505. The van der Waals surface area contributed by atoms with E-state index in [9.17, 15) is 0 Å². The van der Waals surface area contributed by atoms with Gasteiger partial charge in [0.15, 0.2) is 5.96 Å². The Kier molecular flexibility index (Phi) is 6.27. The lowest BCUT2D eigenvalue weighted by molar-refractivity contribution is 0.414. The first-order valence-electron chi connectivity index (χ1n) is 10.2. The van der Waals surface area contributed by atoms with E-state index in [1.807, 2.05) is 23.9 Å². The van der Waals surface area contributed by atoms with E-state index in [4.69, 9.17) is 4.74 Å². The Labute approximate surface area is 177 Å². The maximum atomic E-state index is 5.27. The molecule has 7 heteroatoms. The number of hydrogen-bond acceptors (Lipinski definition) is 4. The third kappa shape index (κ3) is 4.79. The summed E-state index contributed by atoms with van der Waals surface area (Å²) in [7, 11) is 3.55. The van der Waals surface area contributed by atoms with Gasteiger partial charge in [-0.15, -0.1) is 0 Å². The van der Waals surface area contributed by atoms with Crippen molar-refractivity contribution in [1.82, 2.24) is 25.0 Å². The molecule has 0 bridgehead atoms. The summed E-state index contributed by atoms with van der Waals surface area (Å²) in [6.07, 6.45) is 4.42. The minimum absolute atomic E-state index is 0.514. The highest BCUT2D eigenvalue weighted by molar-refractivity contribution is 5.80. The highest BCUT2D eigenvalue weighted by Gasteiger charge is 2.26. The van der Waals surface area contributed by atoms with Crippen LogP contribution in [0, 0.1) is 0 Å². The predicted octanol–water partition coefficient (Wildman–Crippen LogP) is 2.90. The van der Waals surface area contributed by atoms with Crippen molar-refractivity contribution in [3.05, 3.63) is 77.9 Å². The third-order valence-corrected chi connectivity index (χ3v) is 5.54. The lowest BCUT2D eigenvalue weighted by Gasteiger charge is -2.22. The molecule has 4 rings (SSSR count). The number of benzene rings is 2. The molecule has 1 aliphatic rings. The van der Waals surface area contributed by atoms with Crippen LogP contribution in [0.1, 0.15) is 29.0 Å². The van der Waals surface area contributed by atoms with Gasteiger partial charge in [-0.2, -0.15) is 5.10 Å². The number of rotatable bonds is 6. The second-order valence-corrected chi connectivity index (χ2v) is 7.52. The van der Waals surface area contributed by atoms with Crippen molar-refractivity contribution >= 4 is 5.96 Å². The van der Waals surface area contributed by atoms with E-state index in [2.05, 4.69) is 61.7 Å². The summed E-state index contributed by atoms with van der Waals surface area (Å²) in [5, 5.41) is 7.70. The summed E-state index contributed by atoms with van der Waals surface area (Å²) >= 11 is 0. The van der Waals surface area contributed by atoms with Crippen LogP contribution in [0.2, 0.25) is 0 Å². The fourth-order valence-electron chi connectivity index (χ4n) is 3.95. The second kappa shape index (κ2) is 9.43. The molecule has 1 fully saturated rings. The number of ether oxygens (including phenoxy) is 1. The van der Waals surface area contributed by atoms with Gasteiger partial charge in [0.25, 0.3) is 0 Å². The summed E-state index contributed by atoms with van der Waals surface area (Å²) < 4.78 is 7.10. The summed E-state index contributed by atoms with van der Waals surface area (Å²) in [6, 6.07) is 16.9. The molecule has 0 radical (unpaired) electrons. The number of nitrogens with zero attached hydrogens (tertiary/aromatic N) is 5. The Morgan fingerprint density at radius 1 is 1.20 bits per heavy atom. The van der Waals surface area contributed by atoms with E-state index < -0.39 is 0 Å². The maximum Gasteiger partial charge on any atom is 0.193 e. The van der Waals surface area contributed by atoms with Crippen LogP contribution in [0.3, 0.4) is 0 Å². The van der Waals surface area contributed by atoms with E-state index in [1.165, 1.54) is 16.7 Å². The van der Waals surface area contributed by atoms with E-state index in [0.717, 1.165) is 44.3 Å². The molecule has 2 aromatic carbocycles. The molecule has 1 unspecified atom stereocenters. The number of guanidine groups is 1. The molecular formula is C23H28N6O. The van der Waals surface area contributed by atoms with Gasteiger partial charge in [0.2, 0.25) is 0 Å². The zero-order valence-electron chi connectivity index (χ0n) is 17.5. The number of methoxy groups -OCH3 is 1. The molecule has 1 atom stereocenters. The van der Waals surface area contributed by atoms with Crippen molar-refractivity contribution in [1.29, 1.82) is 0 Å². The number of aliphatic imine (C=N–C) groups is 1. The molecule has 3 aromatic rings. The first-order valence-corrected chi connectivity index (χ1v) is 10.2. The molecule has 0 aliphatic carbocycles. The fourth-order valence-corrected chi connectivity index (χ4v) is 3.95. The predicted molar refractivity (Wildman–Crippen MR) is 118 cm³/mol. The monoisotopic (exact) mass is 404 g/mol. The summed E-state index contributed by atoms with van der Waals surface area (Å²) in [4.78, 5) is 10.9. The van der Waals surface area contributed by atoms with Crippen molar-refractivity contribution < 1.29 is 4.74 Å². The number of likely N-dealkylation sites (tertiary alicyclic amines) is 1. The summed E-state index contributed by atoms with van der Waals surface area (Å²) in [5.74, 6) is 2.37. The lowest BCUT2D eigenvalue weighted by atomic mass is 9.98. The molecule has 1 aliphatic heterocycles. The van der Waals surface area contributed by atoms with Crippen LogP contribution in [-0.4, -0.2) is 52.9 Å². The van der Waals surface area contributed by atoms with Crippen molar-refractivity contribution in [3.8, 4) is 5.75 Å². The van der Waals surface area contributed by atoms with Crippen LogP contribution in [0.4, 0.5) is 0 Å². The van der Waals surface area contributed by atoms with Gasteiger partial charge in [0.1, 0.15) is 18.4 Å². The lowest BCUT2D eigenvalue weighted by Crippen LogP contribution is -2.39. The van der Waals surface area contributed by atoms with Crippen LogP contribution in [0.15, 0.2) is 66.2 Å². The standard InChI is InChI=1S/C23H28N6O/c1-24-23(28-11-10-21(15-28)20-6-8-22(30-2)9-7-20)26-13-18-4-3-5-19(12-18)14-29-17-25-16-27-29/h3-9,12,16-17,21H,10-11,13-15H2,1-2H3,(H,24,26). The van der Waals surface area contributed by atoms with Gasteiger partial charge >= 0.3 is 0 Å². The van der Waals surface area contributed by atoms with E-state index in [-0.39, 0.29) is 0 Å². The van der Waals surface area contributed by atoms with Crippen molar-refractivity contribution in [2.45, 2.75) is 25.4 Å². The number of nitrogens with one attached hydrogen (secondary N) is 1. The van der Waals surface area contributed by atoms with Crippen LogP contribution < -0.4 is 10.1 Å². The third-order valence-electron chi connectivity index (χ3n) is 5.54. The molecule has 0 saturated carbocycles. The molecule has 0 spiro atoms. The molecule has 30 heavy (non-hydrogen) atoms. The van der Waals surface area contributed by atoms with E-state index in [0.29, 0.717) is 5.92 Å². The molecule has 1 N–H and O–H groups in total. The Bertz CT molecular complexity index is 968. The van der Waals surface area contributed by atoms with Crippen LogP contribution in [-0.2, 0) is 13.1 Å². The molecule has 7 nitrogen and oxygen atoms in total. The van der Waals surface area contributed by atoms with Gasteiger partial charge in [0, 0.05) is 32.6 Å². The molecule has 0 amide bonds. The van der Waals surface area contributed by atoms with Crippen LogP contribution in [0.25, 0.3) is 0 Å². The van der Waals surface area contributed by atoms with Crippen molar-refractivity contribution in [2.24, 2.45) is 4.99 Å². The Hall–Kier alpha value is -3.35. The minimum Gasteiger partial charge on any atom is -0.497 e. The van der Waals surface area contributed by atoms with Gasteiger partial charge < -0.3 is 15.0 Å². The van der Waals surface area contributed by atoms with Gasteiger partial charge in [-0.05, 0) is 35.2 Å². The number of hydrogen-bond donors (Lipinski definition) is 1. The second-order valence-electron chi connectivity index (χ2n) is 7.52. The molecular weight excluding hydrogens is 376 g/mol. The van der Waals surface area contributed by atoms with Crippen LogP contribution in [0.5, 0.6) is 5.75 Å². The van der Waals surface area contributed by atoms with Crippen molar-refractivity contribution in [2.75, 3.05) is 27.2 Å². The topological polar surface area (TPSA) is 67.6 Å². The maximum absolute atomic E-state index is 5.27. The van der Waals surface area contributed by atoms with Gasteiger partial charge in [-0.3, -0.25) is 4.99 Å². The molecule has 1 saturated heterocycles. The normalized spacial score (nSPS) is 16.7. The average molecular weight is 405 g/mol. The van der Waals surface area contributed by atoms with Crippen LogP contribution >= 0.6 is 0 Å². The van der Waals surface area contributed by atoms with Gasteiger partial charge in [-0.25, -0.2) is 9.67 Å². The highest BCUT2D eigenvalue weighted by Crippen LogP contribution is 2.28. The van der Waals surface area contributed by atoms with Crippen molar-refractivity contribution in [3.63, 3.8) is 0 Å². The Morgan fingerprint density at radius 2 is 2.03 bits per heavy atom. The Morgan fingerprint density at radius 3 is 2.77 bits per heavy atom. The fraction of sp³-hybridized carbons (Fsp3) is 0.348. The molecule has 156 valence electrons. The van der Waals surface area contributed by atoms with Gasteiger partial charge in [0.05, 0.1) is 13.7 Å². The molecule has 1 aromatic heterocycles. The Balaban J connectivity index is 1.34. The molecule has 2 heterocycles.